The molecule has 0 unspecified atom stereocenters. The number of aromatic hydroxyl groups is 1. The highest BCUT2D eigenvalue weighted by Gasteiger charge is 2.02. The van der Waals surface area contributed by atoms with Crippen LogP contribution < -0.4 is 10.6 Å². The van der Waals surface area contributed by atoms with Crippen molar-refractivity contribution in [3.63, 3.8) is 0 Å². The Morgan fingerprint density at radius 3 is 2.38 bits per heavy atom. The molecule has 0 saturated heterocycles. The largest absolute Gasteiger partial charge is 0.508 e. The van der Waals surface area contributed by atoms with E-state index in [9.17, 15) is 9.59 Å². The SMILES string of the molecule is O=C(O)CCNC(=O)Nc1ccc(O)cc1. The van der Waals surface area contributed by atoms with Crippen LogP contribution in [0.2, 0.25) is 0 Å². The van der Waals surface area contributed by atoms with Crippen LogP contribution in [0.25, 0.3) is 0 Å². The van der Waals surface area contributed by atoms with Gasteiger partial charge in [-0.05, 0) is 24.3 Å². The number of hydrogen-bond acceptors (Lipinski definition) is 3. The number of anilines is 1. The molecule has 0 saturated carbocycles. The van der Waals surface area contributed by atoms with Crippen LogP contribution in [0.15, 0.2) is 24.3 Å². The molecule has 0 bridgehead atoms. The van der Waals surface area contributed by atoms with Gasteiger partial charge in [0.1, 0.15) is 5.75 Å². The van der Waals surface area contributed by atoms with Crippen LogP contribution in [0.1, 0.15) is 6.42 Å². The molecule has 4 N–H and O–H groups in total. The molecular weight excluding hydrogens is 212 g/mol. The molecule has 2 amide bonds. The second-order valence-electron chi connectivity index (χ2n) is 3.07. The van der Waals surface area contributed by atoms with Crippen molar-refractivity contribution in [2.75, 3.05) is 11.9 Å². The fourth-order valence-electron chi connectivity index (χ4n) is 1.00. The second kappa shape index (κ2) is 5.59. The number of phenolic OH excluding ortho intramolecular Hbond substituents is 1. The molecule has 0 aliphatic carbocycles. The lowest BCUT2D eigenvalue weighted by Gasteiger charge is -2.06. The van der Waals surface area contributed by atoms with Gasteiger partial charge in [0.15, 0.2) is 0 Å². The van der Waals surface area contributed by atoms with E-state index in [0.29, 0.717) is 5.69 Å². The third-order valence-corrected chi connectivity index (χ3v) is 1.75. The smallest absolute Gasteiger partial charge is 0.319 e. The molecule has 1 aromatic carbocycles. The second-order valence-corrected chi connectivity index (χ2v) is 3.07. The molecule has 0 radical (unpaired) electrons. The van der Waals surface area contributed by atoms with Crippen molar-refractivity contribution in [2.24, 2.45) is 0 Å². The van der Waals surface area contributed by atoms with Crippen molar-refractivity contribution in [2.45, 2.75) is 6.42 Å². The molecule has 1 rings (SSSR count). The summed E-state index contributed by atoms with van der Waals surface area (Å²) in [5, 5.41) is 22.2. The monoisotopic (exact) mass is 224 g/mol. The molecule has 0 aliphatic rings. The molecule has 0 heterocycles. The summed E-state index contributed by atoms with van der Waals surface area (Å²) < 4.78 is 0. The number of aliphatic carboxylic acids is 1. The van der Waals surface area contributed by atoms with Gasteiger partial charge in [-0.1, -0.05) is 0 Å². The summed E-state index contributed by atoms with van der Waals surface area (Å²) in [5.74, 6) is -0.859. The number of urea groups is 1. The van der Waals surface area contributed by atoms with E-state index >= 15 is 0 Å². The topological polar surface area (TPSA) is 98.7 Å². The molecule has 1 aromatic rings. The number of hydrogen-bond donors (Lipinski definition) is 4. The number of carboxylic acids is 1. The lowest BCUT2D eigenvalue weighted by molar-refractivity contribution is -0.136. The standard InChI is InChI=1S/C10H12N2O4/c13-8-3-1-7(2-4-8)12-10(16)11-6-5-9(14)15/h1-4,13H,5-6H2,(H,14,15)(H2,11,12,16). The summed E-state index contributed by atoms with van der Waals surface area (Å²) >= 11 is 0. The molecule has 0 aromatic heterocycles. The van der Waals surface area contributed by atoms with Gasteiger partial charge in [0.05, 0.1) is 6.42 Å². The highest BCUT2D eigenvalue weighted by Crippen LogP contribution is 2.13. The van der Waals surface area contributed by atoms with Crippen molar-refractivity contribution >= 4 is 17.7 Å². The van der Waals surface area contributed by atoms with Crippen LogP contribution in [0.4, 0.5) is 10.5 Å². The van der Waals surface area contributed by atoms with Crippen molar-refractivity contribution in [1.82, 2.24) is 5.32 Å². The minimum atomic E-state index is -0.968. The van der Waals surface area contributed by atoms with E-state index in [1.54, 1.807) is 0 Å². The molecule has 16 heavy (non-hydrogen) atoms. The normalized spacial score (nSPS) is 9.50. The fourth-order valence-corrected chi connectivity index (χ4v) is 1.00. The predicted octanol–water partition coefficient (Wildman–Crippen LogP) is 0.988. The Morgan fingerprint density at radius 1 is 1.19 bits per heavy atom. The third kappa shape index (κ3) is 4.32. The van der Waals surface area contributed by atoms with Gasteiger partial charge >= 0.3 is 12.0 Å². The lowest BCUT2D eigenvalue weighted by Crippen LogP contribution is -2.30. The number of carboxylic acid groups (broad SMARTS) is 1. The van der Waals surface area contributed by atoms with E-state index in [2.05, 4.69) is 10.6 Å². The van der Waals surface area contributed by atoms with Gasteiger partial charge in [0.25, 0.3) is 0 Å². The molecule has 0 spiro atoms. The number of carbonyl (C=O) groups excluding carboxylic acids is 1. The Labute approximate surface area is 91.9 Å². The summed E-state index contributed by atoms with van der Waals surface area (Å²) in [7, 11) is 0. The Kier molecular flexibility index (Phi) is 4.14. The predicted molar refractivity (Wildman–Crippen MR) is 57.4 cm³/mol. The van der Waals surface area contributed by atoms with Gasteiger partial charge in [-0.25, -0.2) is 4.79 Å². The van der Waals surface area contributed by atoms with E-state index in [1.807, 2.05) is 0 Å². The van der Waals surface area contributed by atoms with Gasteiger partial charge < -0.3 is 20.8 Å². The average Bonchev–Trinajstić information content (AvgIpc) is 2.21. The Balaban J connectivity index is 2.34. The molecule has 0 fully saturated rings. The first kappa shape index (κ1) is 11.8. The van der Waals surface area contributed by atoms with Crippen LogP contribution in [0, 0.1) is 0 Å². The summed E-state index contributed by atoms with van der Waals surface area (Å²) in [4.78, 5) is 21.4. The first-order chi connectivity index (χ1) is 7.58. The van der Waals surface area contributed by atoms with E-state index in [1.165, 1.54) is 24.3 Å². The van der Waals surface area contributed by atoms with Gasteiger partial charge in [-0.3, -0.25) is 4.79 Å². The Bertz CT molecular complexity index is 375. The maximum atomic E-state index is 11.2. The minimum absolute atomic E-state index is 0.0687. The van der Waals surface area contributed by atoms with E-state index in [-0.39, 0.29) is 18.7 Å². The highest BCUT2D eigenvalue weighted by atomic mass is 16.4. The third-order valence-electron chi connectivity index (χ3n) is 1.75. The zero-order chi connectivity index (χ0) is 12.0. The van der Waals surface area contributed by atoms with Gasteiger partial charge in [0.2, 0.25) is 0 Å². The van der Waals surface area contributed by atoms with E-state index in [0.717, 1.165) is 0 Å². The fraction of sp³-hybridized carbons (Fsp3) is 0.200. The van der Waals surface area contributed by atoms with Gasteiger partial charge in [-0.2, -0.15) is 0 Å². The first-order valence-electron chi connectivity index (χ1n) is 4.63. The number of amides is 2. The Morgan fingerprint density at radius 2 is 1.81 bits per heavy atom. The minimum Gasteiger partial charge on any atom is -0.508 e. The summed E-state index contributed by atoms with van der Waals surface area (Å²) in [6.07, 6.45) is -0.122. The number of benzene rings is 1. The van der Waals surface area contributed by atoms with Crippen LogP contribution >= 0.6 is 0 Å². The van der Waals surface area contributed by atoms with Crippen molar-refractivity contribution < 1.29 is 19.8 Å². The van der Waals surface area contributed by atoms with Crippen LogP contribution in [-0.2, 0) is 4.79 Å². The molecule has 0 aliphatic heterocycles. The van der Waals surface area contributed by atoms with Crippen molar-refractivity contribution in [3.8, 4) is 5.75 Å². The van der Waals surface area contributed by atoms with E-state index in [4.69, 9.17) is 10.2 Å². The summed E-state index contributed by atoms with van der Waals surface area (Å²) in [6.45, 7) is 0.0687. The number of nitrogens with one attached hydrogen (secondary N) is 2. The van der Waals surface area contributed by atoms with Crippen LogP contribution in [0.3, 0.4) is 0 Å². The lowest BCUT2D eigenvalue weighted by atomic mass is 10.3. The number of phenols is 1. The average molecular weight is 224 g/mol. The van der Waals surface area contributed by atoms with Gasteiger partial charge in [-0.15, -0.1) is 0 Å². The first-order valence-corrected chi connectivity index (χ1v) is 4.63. The maximum absolute atomic E-state index is 11.2. The van der Waals surface area contributed by atoms with Gasteiger partial charge in [0, 0.05) is 12.2 Å². The zero-order valence-corrected chi connectivity index (χ0v) is 8.43. The summed E-state index contributed by atoms with van der Waals surface area (Å²) in [6, 6.07) is 5.46. The van der Waals surface area contributed by atoms with Crippen LogP contribution in [0.5, 0.6) is 5.75 Å². The molecule has 6 heteroatoms. The molecule has 86 valence electrons. The highest BCUT2D eigenvalue weighted by molar-refractivity contribution is 5.89. The van der Waals surface area contributed by atoms with Crippen molar-refractivity contribution in [3.05, 3.63) is 24.3 Å². The Hall–Kier alpha value is -2.24. The number of rotatable bonds is 4. The molecule has 0 atom stereocenters. The molecule has 6 nitrogen and oxygen atoms in total. The quantitative estimate of drug-likeness (QED) is 0.573. The number of carbonyl (C=O) groups is 2. The maximum Gasteiger partial charge on any atom is 0.319 e. The van der Waals surface area contributed by atoms with E-state index < -0.39 is 12.0 Å². The molecular formula is C10H12N2O4. The summed E-state index contributed by atoms with van der Waals surface area (Å²) in [5.41, 5.74) is 0.519. The zero-order valence-electron chi connectivity index (χ0n) is 8.43. The van der Waals surface area contributed by atoms with Crippen molar-refractivity contribution in [1.29, 1.82) is 0 Å². The van der Waals surface area contributed by atoms with Crippen LogP contribution in [-0.4, -0.2) is 28.8 Å².